The van der Waals surface area contributed by atoms with Crippen LogP contribution in [0, 0.1) is 11.3 Å². The third-order valence-corrected chi connectivity index (χ3v) is 8.97. The third-order valence-electron chi connectivity index (χ3n) is 8.97. The average molecular weight is 627 g/mol. The average Bonchev–Trinajstić information content (AvgIpc) is 3.56. The number of nitrogens with zero attached hydrogens (tertiary/aromatic N) is 4. The highest BCUT2D eigenvalue weighted by atomic mass is 16.3. The van der Waals surface area contributed by atoms with Gasteiger partial charge >= 0.3 is 0 Å². The van der Waals surface area contributed by atoms with Gasteiger partial charge in [0.05, 0.1) is 11.6 Å². The van der Waals surface area contributed by atoms with Crippen LogP contribution in [-0.2, 0) is 0 Å². The second-order valence-corrected chi connectivity index (χ2v) is 12.0. The molecule has 7 aromatic carbocycles. The molecule has 0 saturated heterocycles. The summed E-state index contributed by atoms with van der Waals surface area (Å²) in [7, 11) is 0. The van der Waals surface area contributed by atoms with Crippen LogP contribution in [0.2, 0.25) is 0 Å². The van der Waals surface area contributed by atoms with Crippen molar-refractivity contribution in [2.45, 2.75) is 0 Å². The molecule has 0 amide bonds. The van der Waals surface area contributed by atoms with E-state index in [0.29, 0.717) is 23.0 Å². The van der Waals surface area contributed by atoms with Gasteiger partial charge in [-0.05, 0) is 87.6 Å². The second-order valence-electron chi connectivity index (χ2n) is 12.0. The van der Waals surface area contributed by atoms with Crippen molar-refractivity contribution < 1.29 is 4.42 Å². The summed E-state index contributed by atoms with van der Waals surface area (Å²) in [6, 6.07) is 55.6. The number of rotatable bonds is 5. The van der Waals surface area contributed by atoms with Crippen LogP contribution in [0.25, 0.3) is 89.1 Å². The number of benzene rings is 7. The molecule has 2 aromatic heterocycles. The van der Waals surface area contributed by atoms with Crippen LogP contribution in [0.3, 0.4) is 0 Å². The molecule has 0 aliphatic carbocycles. The first kappa shape index (κ1) is 28.3. The van der Waals surface area contributed by atoms with Gasteiger partial charge in [0.25, 0.3) is 0 Å². The maximum atomic E-state index is 9.34. The van der Waals surface area contributed by atoms with Crippen molar-refractivity contribution in [2.75, 3.05) is 0 Å². The molecule has 0 N–H and O–H groups in total. The Morgan fingerprint density at radius 3 is 1.57 bits per heavy atom. The number of fused-ring (bicyclic) bond motifs is 4. The predicted octanol–water partition coefficient (Wildman–Crippen LogP) is 11.1. The van der Waals surface area contributed by atoms with Crippen LogP contribution in [0.4, 0.5) is 0 Å². The molecule has 0 radical (unpaired) electrons. The third kappa shape index (κ3) is 5.28. The fourth-order valence-corrected chi connectivity index (χ4v) is 6.37. The number of para-hydroxylation sites is 1. The Labute approximate surface area is 282 Å². The lowest BCUT2D eigenvalue weighted by molar-refractivity contribution is 0.669. The van der Waals surface area contributed by atoms with Crippen molar-refractivity contribution in [3.63, 3.8) is 0 Å². The molecular weight excluding hydrogens is 601 g/mol. The quantitative estimate of drug-likeness (QED) is 0.190. The van der Waals surface area contributed by atoms with E-state index in [2.05, 4.69) is 103 Å². The molecule has 0 bridgehead atoms. The van der Waals surface area contributed by atoms with Crippen LogP contribution in [0.1, 0.15) is 5.56 Å². The number of nitriles is 1. The van der Waals surface area contributed by atoms with Gasteiger partial charge in [-0.3, -0.25) is 0 Å². The van der Waals surface area contributed by atoms with Gasteiger partial charge in [-0.2, -0.15) is 5.26 Å². The van der Waals surface area contributed by atoms with Gasteiger partial charge < -0.3 is 4.42 Å². The molecule has 5 nitrogen and oxygen atoms in total. The molecule has 228 valence electrons. The Morgan fingerprint density at radius 1 is 0.388 bits per heavy atom. The summed E-state index contributed by atoms with van der Waals surface area (Å²) in [5.41, 5.74) is 9.34. The van der Waals surface area contributed by atoms with E-state index in [0.717, 1.165) is 49.8 Å². The molecule has 2 heterocycles. The lowest BCUT2D eigenvalue weighted by Crippen LogP contribution is -2.00. The van der Waals surface area contributed by atoms with Crippen molar-refractivity contribution in [1.82, 2.24) is 15.0 Å². The van der Waals surface area contributed by atoms with Gasteiger partial charge in [-0.15, -0.1) is 0 Å². The van der Waals surface area contributed by atoms with E-state index in [1.807, 2.05) is 48.5 Å². The lowest BCUT2D eigenvalue weighted by atomic mass is 9.97. The molecular formula is C44H26N4O. The summed E-state index contributed by atoms with van der Waals surface area (Å²) in [6.07, 6.45) is 0. The van der Waals surface area contributed by atoms with Crippen molar-refractivity contribution >= 4 is 32.7 Å². The van der Waals surface area contributed by atoms with Crippen LogP contribution in [-0.4, -0.2) is 15.0 Å². The lowest BCUT2D eigenvalue weighted by Gasteiger charge is -2.10. The highest BCUT2D eigenvalue weighted by molar-refractivity contribution is 6.05. The maximum Gasteiger partial charge on any atom is 0.164 e. The zero-order chi connectivity index (χ0) is 32.7. The van der Waals surface area contributed by atoms with E-state index in [4.69, 9.17) is 19.4 Å². The standard InChI is InChI=1S/C44H26N4O/c45-27-28-10-12-32(13-11-28)42-46-43(48-44(47-42)36-22-23-39-38-8-4-5-9-40(38)49-41(39)26-36)33-18-14-30(15-19-33)35-21-17-31-16-20-34(24-37(31)25-35)29-6-2-1-3-7-29/h1-26H. The summed E-state index contributed by atoms with van der Waals surface area (Å²) >= 11 is 0. The van der Waals surface area contributed by atoms with E-state index < -0.39 is 0 Å². The molecule has 0 unspecified atom stereocenters. The van der Waals surface area contributed by atoms with Crippen molar-refractivity contribution in [1.29, 1.82) is 5.26 Å². The fraction of sp³-hybridized carbons (Fsp3) is 0. The fourth-order valence-electron chi connectivity index (χ4n) is 6.37. The Balaban J connectivity index is 1.11. The van der Waals surface area contributed by atoms with Crippen LogP contribution >= 0.6 is 0 Å². The van der Waals surface area contributed by atoms with Crippen molar-refractivity contribution in [3.05, 3.63) is 163 Å². The van der Waals surface area contributed by atoms with Crippen LogP contribution < -0.4 is 0 Å². The van der Waals surface area contributed by atoms with Crippen LogP contribution in [0.5, 0.6) is 0 Å². The number of furan rings is 1. The Bertz CT molecular complexity index is 2710. The predicted molar refractivity (Wildman–Crippen MR) is 197 cm³/mol. The van der Waals surface area contributed by atoms with Crippen molar-refractivity contribution in [2.24, 2.45) is 0 Å². The SMILES string of the molecule is N#Cc1ccc(-c2nc(-c3ccc(-c4ccc5ccc(-c6ccccc6)cc5c4)cc3)nc(-c3ccc4c(c3)oc3ccccc34)n2)cc1. The molecule has 49 heavy (non-hydrogen) atoms. The van der Waals surface area contributed by atoms with Gasteiger partial charge in [0.1, 0.15) is 11.2 Å². The van der Waals surface area contributed by atoms with Gasteiger partial charge in [-0.1, -0.05) is 103 Å². The van der Waals surface area contributed by atoms with E-state index >= 15 is 0 Å². The van der Waals surface area contributed by atoms with Gasteiger partial charge in [0, 0.05) is 27.5 Å². The number of hydrogen-bond acceptors (Lipinski definition) is 5. The molecule has 5 heteroatoms. The first-order chi connectivity index (χ1) is 24.2. The summed E-state index contributed by atoms with van der Waals surface area (Å²) in [4.78, 5) is 14.8. The molecule has 0 aliphatic heterocycles. The Morgan fingerprint density at radius 2 is 0.898 bits per heavy atom. The van der Waals surface area contributed by atoms with E-state index in [-0.39, 0.29) is 0 Å². The first-order valence-corrected chi connectivity index (χ1v) is 16.1. The summed E-state index contributed by atoms with van der Waals surface area (Å²) in [6.45, 7) is 0. The highest BCUT2D eigenvalue weighted by Crippen LogP contribution is 2.34. The van der Waals surface area contributed by atoms with E-state index in [9.17, 15) is 5.26 Å². The number of hydrogen-bond donors (Lipinski definition) is 0. The molecule has 0 fully saturated rings. The van der Waals surface area contributed by atoms with Gasteiger partial charge in [0.2, 0.25) is 0 Å². The normalized spacial score (nSPS) is 11.2. The molecule has 0 aliphatic rings. The van der Waals surface area contributed by atoms with Crippen molar-refractivity contribution in [3.8, 4) is 62.5 Å². The Hall–Kier alpha value is -6.90. The molecule has 0 spiro atoms. The topological polar surface area (TPSA) is 75.6 Å². The Kier molecular flexibility index (Phi) is 6.78. The zero-order valence-electron chi connectivity index (χ0n) is 26.2. The molecule has 0 saturated carbocycles. The van der Waals surface area contributed by atoms with Gasteiger partial charge in [0.15, 0.2) is 17.5 Å². The minimum Gasteiger partial charge on any atom is -0.456 e. The summed E-state index contributed by atoms with van der Waals surface area (Å²) in [5, 5.41) is 13.8. The largest absolute Gasteiger partial charge is 0.456 e. The highest BCUT2D eigenvalue weighted by Gasteiger charge is 2.15. The minimum atomic E-state index is 0.530. The van der Waals surface area contributed by atoms with Gasteiger partial charge in [-0.25, -0.2) is 15.0 Å². The van der Waals surface area contributed by atoms with E-state index in [1.54, 1.807) is 12.1 Å². The molecule has 9 rings (SSSR count). The van der Waals surface area contributed by atoms with E-state index in [1.165, 1.54) is 21.9 Å². The minimum absolute atomic E-state index is 0.530. The zero-order valence-corrected chi connectivity index (χ0v) is 26.2. The smallest absolute Gasteiger partial charge is 0.164 e. The second kappa shape index (κ2) is 11.7. The summed E-state index contributed by atoms with van der Waals surface area (Å²) in [5.74, 6) is 1.63. The molecule has 9 aromatic rings. The maximum absolute atomic E-state index is 9.34. The molecule has 0 atom stereocenters. The summed E-state index contributed by atoms with van der Waals surface area (Å²) < 4.78 is 6.18. The number of aromatic nitrogens is 3. The monoisotopic (exact) mass is 626 g/mol. The van der Waals surface area contributed by atoms with Crippen LogP contribution in [0.15, 0.2) is 162 Å². The first-order valence-electron chi connectivity index (χ1n) is 16.1.